The van der Waals surface area contributed by atoms with E-state index in [9.17, 15) is 14.4 Å². The van der Waals surface area contributed by atoms with Gasteiger partial charge < -0.3 is 25.7 Å². The van der Waals surface area contributed by atoms with Crippen LogP contribution in [-0.2, 0) is 14.4 Å². The summed E-state index contributed by atoms with van der Waals surface area (Å²) in [6.07, 6.45) is 0.737. The molecule has 1 amide bonds. The molecule has 4 N–H and O–H groups in total. The van der Waals surface area contributed by atoms with Gasteiger partial charge >= 0.3 is 11.9 Å². The Hall–Kier alpha value is -3.20. The zero-order chi connectivity index (χ0) is 21.9. The number of piperazine rings is 1. The lowest BCUT2D eigenvalue weighted by atomic mass is 10.2. The van der Waals surface area contributed by atoms with Crippen molar-refractivity contribution in [3.63, 3.8) is 0 Å². The summed E-state index contributed by atoms with van der Waals surface area (Å²) in [5.74, 6) is -0.941. The van der Waals surface area contributed by atoms with Gasteiger partial charge in [0.25, 0.3) is 0 Å². The Bertz CT molecular complexity index is 851. The first-order chi connectivity index (χ1) is 14.4. The van der Waals surface area contributed by atoms with Gasteiger partial charge in [0.2, 0.25) is 5.91 Å². The van der Waals surface area contributed by atoms with Crippen LogP contribution in [0.1, 0.15) is 25.7 Å². The summed E-state index contributed by atoms with van der Waals surface area (Å²) in [5.41, 5.74) is 6.48. The van der Waals surface area contributed by atoms with Gasteiger partial charge in [-0.3, -0.25) is 14.4 Å². The number of anilines is 1. The molecule has 0 saturated carbocycles. The molecule has 1 saturated heterocycles. The lowest BCUT2D eigenvalue weighted by Gasteiger charge is -2.35. The lowest BCUT2D eigenvalue weighted by molar-refractivity contribution is -0.143. The average Bonchev–Trinajstić information content (AvgIpc) is 2.76. The number of nitrogens with zero attached hydrogens (tertiary/aromatic N) is 3. The second kappa shape index (κ2) is 11.7. The molecule has 0 atom stereocenters. The number of carboxylic acids is 2. The highest BCUT2D eigenvalue weighted by molar-refractivity contribution is 5.80. The van der Waals surface area contributed by atoms with Crippen LogP contribution in [0.15, 0.2) is 36.4 Å². The van der Waals surface area contributed by atoms with E-state index < -0.39 is 11.9 Å². The van der Waals surface area contributed by atoms with Crippen LogP contribution >= 0.6 is 0 Å². The van der Waals surface area contributed by atoms with Gasteiger partial charge in [-0.05, 0) is 31.2 Å². The van der Waals surface area contributed by atoms with E-state index in [2.05, 4.69) is 23.1 Å². The van der Waals surface area contributed by atoms with Crippen molar-refractivity contribution in [1.29, 1.82) is 0 Å². The Morgan fingerprint density at radius 1 is 0.900 bits per heavy atom. The minimum absolute atomic E-state index is 0.219. The number of carbonyl (C=O) groups excluding carboxylic acids is 1. The SMILES string of the molecule is NCCCC(=O)N1CCN(c2ccc3ccccc3n2)CC1.O=C(O)CCC(=O)O. The van der Waals surface area contributed by atoms with Crippen LogP contribution in [0.25, 0.3) is 10.9 Å². The predicted octanol–water partition coefficient (Wildman–Crippen LogP) is 1.56. The number of nitrogens with two attached hydrogens (primary N) is 1. The maximum absolute atomic E-state index is 12.0. The second-order valence-electron chi connectivity index (χ2n) is 6.91. The van der Waals surface area contributed by atoms with Crippen molar-refractivity contribution >= 4 is 34.6 Å². The minimum atomic E-state index is -1.08. The van der Waals surface area contributed by atoms with Gasteiger partial charge in [0.15, 0.2) is 0 Å². The smallest absolute Gasteiger partial charge is 0.303 e. The molecular weight excluding hydrogens is 388 g/mol. The second-order valence-corrected chi connectivity index (χ2v) is 6.91. The number of pyridine rings is 1. The van der Waals surface area contributed by atoms with E-state index in [0.717, 1.165) is 49.3 Å². The molecule has 162 valence electrons. The van der Waals surface area contributed by atoms with Crippen molar-refractivity contribution in [3.8, 4) is 0 Å². The highest BCUT2D eigenvalue weighted by atomic mass is 16.4. The van der Waals surface area contributed by atoms with Gasteiger partial charge in [0, 0.05) is 38.0 Å². The Morgan fingerprint density at radius 3 is 2.13 bits per heavy atom. The summed E-state index contributed by atoms with van der Waals surface area (Å²) < 4.78 is 0. The molecule has 1 aliphatic rings. The van der Waals surface area contributed by atoms with E-state index in [0.29, 0.717) is 13.0 Å². The van der Waals surface area contributed by atoms with E-state index in [1.165, 1.54) is 0 Å². The van der Waals surface area contributed by atoms with Crippen molar-refractivity contribution in [2.24, 2.45) is 5.73 Å². The van der Waals surface area contributed by atoms with E-state index in [1.54, 1.807) is 0 Å². The lowest BCUT2D eigenvalue weighted by Crippen LogP contribution is -2.49. The van der Waals surface area contributed by atoms with Gasteiger partial charge in [-0.2, -0.15) is 0 Å². The van der Waals surface area contributed by atoms with Crippen LogP contribution in [0.4, 0.5) is 5.82 Å². The summed E-state index contributed by atoms with van der Waals surface area (Å²) in [6, 6.07) is 12.3. The minimum Gasteiger partial charge on any atom is -0.481 e. The Morgan fingerprint density at radius 2 is 1.53 bits per heavy atom. The van der Waals surface area contributed by atoms with Crippen LogP contribution < -0.4 is 10.6 Å². The monoisotopic (exact) mass is 416 g/mol. The molecule has 0 radical (unpaired) electrons. The molecule has 30 heavy (non-hydrogen) atoms. The van der Waals surface area contributed by atoms with Crippen LogP contribution in [0.5, 0.6) is 0 Å². The quantitative estimate of drug-likeness (QED) is 0.618. The van der Waals surface area contributed by atoms with Crippen LogP contribution in [-0.4, -0.2) is 70.7 Å². The molecule has 1 aromatic heterocycles. The summed E-state index contributed by atoms with van der Waals surface area (Å²) in [4.78, 5) is 40.2. The van der Waals surface area contributed by atoms with E-state index in [1.807, 2.05) is 23.1 Å². The summed E-state index contributed by atoms with van der Waals surface area (Å²) in [6.45, 7) is 3.77. The number of rotatable bonds is 7. The normalized spacial score (nSPS) is 13.5. The molecule has 1 fully saturated rings. The Kier molecular flexibility index (Phi) is 9.02. The first-order valence-corrected chi connectivity index (χ1v) is 9.93. The average molecular weight is 416 g/mol. The summed E-state index contributed by atoms with van der Waals surface area (Å²) >= 11 is 0. The van der Waals surface area contributed by atoms with Crippen molar-refractivity contribution in [2.45, 2.75) is 25.7 Å². The number of aliphatic carboxylic acids is 2. The fourth-order valence-electron chi connectivity index (χ4n) is 3.04. The Labute approximate surface area is 175 Å². The third-order valence-electron chi connectivity index (χ3n) is 4.69. The third kappa shape index (κ3) is 7.32. The van der Waals surface area contributed by atoms with Crippen LogP contribution in [0, 0.1) is 0 Å². The third-order valence-corrected chi connectivity index (χ3v) is 4.69. The van der Waals surface area contributed by atoms with Crippen molar-refractivity contribution in [1.82, 2.24) is 9.88 Å². The highest BCUT2D eigenvalue weighted by Gasteiger charge is 2.21. The molecule has 0 unspecified atom stereocenters. The fraction of sp³-hybridized carbons (Fsp3) is 0.429. The zero-order valence-corrected chi connectivity index (χ0v) is 16.9. The first-order valence-electron chi connectivity index (χ1n) is 9.93. The number of fused-ring (bicyclic) bond motifs is 1. The standard InChI is InChI=1S/C17H22N4O.C4H6O4/c18-9-3-6-17(22)21-12-10-20(11-13-21)16-8-7-14-4-1-2-5-15(14)19-16;5-3(6)1-2-4(7)8/h1-2,4-5,7-8H,3,6,9-13,18H2;1-2H2,(H,5,6)(H,7,8). The van der Waals surface area contributed by atoms with E-state index in [4.69, 9.17) is 20.9 Å². The highest BCUT2D eigenvalue weighted by Crippen LogP contribution is 2.19. The van der Waals surface area contributed by atoms with Crippen molar-refractivity contribution in [3.05, 3.63) is 36.4 Å². The molecule has 9 nitrogen and oxygen atoms in total. The number of hydrogen-bond donors (Lipinski definition) is 3. The first kappa shape index (κ1) is 23.1. The molecular formula is C21H28N4O5. The maximum atomic E-state index is 12.0. The van der Waals surface area contributed by atoms with E-state index in [-0.39, 0.29) is 18.7 Å². The number of carboxylic acid groups (broad SMARTS) is 2. The topological polar surface area (TPSA) is 137 Å². The molecule has 9 heteroatoms. The van der Waals surface area contributed by atoms with Gasteiger partial charge in [0.05, 0.1) is 18.4 Å². The summed E-state index contributed by atoms with van der Waals surface area (Å²) in [5, 5.41) is 17.0. The van der Waals surface area contributed by atoms with Crippen LogP contribution in [0.2, 0.25) is 0 Å². The largest absolute Gasteiger partial charge is 0.481 e. The van der Waals surface area contributed by atoms with Crippen molar-refractivity contribution in [2.75, 3.05) is 37.6 Å². The maximum Gasteiger partial charge on any atom is 0.303 e. The van der Waals surface area contributed by atoms with Gasteiger partial charge in [-0.15, -0.1) is 0 Å². The zero-order valence-electron chi connectivity index (χ0n) is 16.9. The number of carbonyl (C=O) groups is 3. The van der Waals surface area contributed by atoms with E-state index >= 15 is 0 Å². The number of amides is 1. The number of para-hydroxylation sites is 1. The van der Waals surface area contributed by atoms with Gasteiger partial charge in [0.1, 0.15) is 5.82 Å². The molecule has 1 aliphatic heterocycles. The Balaban J connectivity index is 0.000000343. The number of aromatic nitrogens is 1. The van der Waals surface area contributed by atoms with Crippen LogP contribution in [0.3, 0.4) is 0 Å². The number of benzene rings is 1. The van der Waals surface area contributed by atoms with Gasteiger partial charge in [-0.1, -0.05) is 18.2 Å². The molecule has 2 aromatic rings. The predicted molar refractivity (Wildman–Crippen MR) is 113 cm³/mol. The molecule has 2 heterocycles. The fourth-order valence-corrected chi connectivity index (χ4v) is 3.04. The van der Waals surface area contributed by atoms with Gasteiger partial charge in [-0.25, -0.2) is 4.98 Å². The number of hydrogen-bond acceptors (Lipinski definition) is 6. The molecule has 1 aromatic carbocycles. The molecule has 0 bridgehead atoms. The molecule has 3 rings (SSSR count). The molecule has 0 spiro atoms. The van der Waals surface area contributed by atoms with Crippen molar-refractivity contribution < 1.29 is 24.6 Å². The molecule has 0 aliphatic carbocycles. The summed E-state index contributed by atoms with van der Waals surface area (Å²) in [7, 11) is 0.